The Hall–Kier alpha value is -0.290. The smallest absolute Gasteiger partial charge is 0.323 e. The Balaban J connectivity index is 3.20. The predicted molar refractivity (Wildman–Crippen MR) is 74.2 cm³/mol. The normalized spacial score (nSPS) is 13.2. The Morgan fingerprint density at radius 1 is 1.00 bits per heavy atom. The van der Waals surface area contributed by atoms with Crippen LogP contribution >= 0.6 is 47.8 Å². The molecule has 0 saturated carbocycles. The minimum absolute atomic E-state index is 0.115. The highest BCUT2D eigenvalue weighted by atomic mass is 79.9. The molecule has 0 aliphatic carbocycles. The number of alkyl halides is 7. The molecular weight excluding hydrogens is 504 g/mol. The Morgan fingerprint density at radius 3 is 1.86 bits per heavy atom. The van der Waals surface area contributed by atoms with Crippen molar-refractivity contribution in [1.82, 2.24) is 0 Å². The third-order valence-corrected chi connectivity index (χ3v) is 4.68. The van der Waals surface area contributed by atoms with Crippen LogP contribution in [0.4, 0.5) is 32.0 Å². The molecule has 0 aliphatic heterocycles. The van der Waals surface area contributed by atoms with Gasteiger partial charge in [-0.15, -0.1) is 0 Å². The fraction of sp³-hybridized carbons (Fsp3) is 0.300. The first-order valence-corrected chi connectivity index (χ1v) is 7.27. The minimum atomic E-state index is -5.86. The van der Waals surface area contributed by atoms with Gasteiger partial charge in [-0.2, -0.15) is 26.3 Å². The van der Waals surface area contributed by atoms with Crippen LogP contribution in [0.15, 0.2) is 27.1 Å². The Kier molecular flexibility index (Phi) is 5.42. The Bertz CT molecular complexity index is 543. The molecule has 1 aromatic carbocycles. The van der Waals surface area contributed by atoms with Gasteiger partial charge in [0.15, 0.2) is 0 Å². The topological polar surface area (TPSA) is 29.1 Å². The van der Waals surface area contributed by atoms with E-state index in [9.17, 15) is 31.1 Å². The van der Waals surface area contributed by atoms with Crippen LogP contribution in [-0.4, -0.2) is 22.6 Å². The Morgan fingerprint density at radius 2 is 1.48 bits per heavy atom. The summed E-state index contributed by atoms with van der Waals surface area (Å²) in [6.45, 7) is 0. The van der Waals surface area contributed by atoms with Crippen LogP contribution in [-0.2, 0) is 4.79 Å². The molecule has 0 unspecified atom stereocenters. The number of hydrogen-bond acceptors (Lipinski definition) is 1. The van der Waals surface area contributed by atoms with Gasteiger partial charge in [0.05, 0.1) is 5.69 Å². The molecule has 0 fully saturated rings. The first-order chi connectivity index (χ1) is 9.30. The summed E-state index contributed by atoms with van der Waals surface area (Å²) in [5.74, 6) is -2.29. The van der Waals surface area contributed by atoms with Crippen molar-refractivity contribution in [2.45, 2.75) is 16.7 Å². The van der Waals surface area contributed by atoms with E-state index in [4.69, 9.17) is 0 Å². The maximum atomic E-state index is 12.7. The van der Waals surface area contributed by atoms with Crippen LogP contribution in [0.1, 0.15) is 0 Å². The first kappa shape index (κ1) is 18.8. The Labute approximate surface area is 139 Å². The summed E-state index contributed by atoms with van der Waals surface area (Å²) in [6.07, 6.45) is -11.7. The second-order valence-electron chi connectivity index (χ2n) is 3.73. The van der Waals surface area contributed by atoms with Crippen molar-refractivity contribution in [3.05, 3.63) is 27.1 Å². The van der Waals surface area contributed by atoms with Gasteiger partial charge in [0.2, 0.25) is 0 Å². The third-order valence-electron chi connectivity index (χ3n) is 2.27. The summed E-state index contributed by atoms with van der Waals surface area (Å²) in [7, 11) is 0. The SMILES string of the molecule is O=C(Nc1ccc(Br)cc1Br)C(Br)(C(F)(F)F)C(F)(F)F. The number of anilines is 1. The summed E-state index contributed by atoms with van der Waals surface area (Å²) < 4.78 is 72.0. The maximum absolute atomic E-state index is 12.7. The van der Waals surface area contributed by atoms with Crippen LogP contribution in [0.5, 0.6) is 0 Å². The van der Waals surface area contributed by atoms with Crippen molar-refractivity contribution in [2.24, 2.45) is 0 Å². The number of carbonyl (C=O) groups is 1. The number of benzene rings is 1. The molecular formula is C10H4Br3F6NO. The molecule has 0 radical (unpaired) electrons. The van der Waals surface area contributed by atoms with Crippen LogP contribution in [0.2, 0.25) is 0 Å². The second-order valence-corrected chi connectivity index (χ2v) is 6.69. The summed E-state index contributed by atoms with van der Waals surface area (Å²) in [5.41, 5.74) is -0.236. The lowest BCUT2D eigenvalue weighted by atomic mass is 10.1. The number of rotatable bonds is 2. The van der Waals surface area contributed by atoms with Crippen molar-refractivity contribution in [3.8, 4) is 0 Å². The van der Waals surface area contributed by atoms with E-state index in [-0.39, 0.29) is 10.2 Å². The fourth-order valence-electron chi connectivity index (χ4n) is 1.22. The maximum Gasteiger partial charge on any atom is 0.421 e. The quantitative estimate of drug-likeness (QED) is 0.421. The summed E-state index contributed by atoms with van der Waals surface area (Å²) in [6, 6.07) is 3.84. The molecule has 0 spiro atoms. The molecule has 2 nitrogen and oxygen atoms in total. The van der Waals surface area contributed by atoms with Crippen LogP contribution in [0.3, 0.4) is 0 Å². The van der Waals surface area contributed by atoms with E-state index in [0.29, 0.717) is 4.47 Å². The molecule has 1 amide bonds. The lowest BCUT2D eigenvalue weighted by Gasteiger charge is -2.30. The molecule has 11 heteroatoms. The highest BCUT2D eigenvalue weighted by Gasteiger charge is 2.74. The van der Waals surface area contributed by atoms with E-state index in [1.807, 2.05) is 0 Å². The fourth-order valence-corrected chi connectivity index (χ4v) is 2.46. The number of hydrogen-bond donors (Lipinski definition) is 1. The van der Waals surface area contributed by atoms with Gasteiger partial charge >= 0.3 is 12.4 Å². The van der Waals surface area contributed by atoms with E-state index < -0.39 is 22.6 Å². The van der Waals surface area contributed by atoms with Crippen molar-refractivity contribution in [1.29, 1.82) is 0 Å². The summed E-state index contributed by atoms with van der Waals surface area (Å²) in [5, 5.41) is 1.60. The monoisotopic (exact) mass is 505 g/mol. The van der Waals surface area contributed by atoms with Crippen molar-refractivity contribution in [2.75, 3.05) is 5.32 Å². The van der Waals surface area contributed by atoms with Gasteiger partial charge in [-0.3, -0.25) is 4.79 Å². The van der Waals surface area contributed by atoms with E-state index >= 15 is 0 Å². The molecule has 0 aliphatic rings. The van der Waals surface area contributed by atoms with Crippen LogP contribution in [0.25, 0.3) is 0 Å². The highest BCUT2D eigenvalue weighted by Crippen LogP contribution is 2.50. The lowest BCUT2D eigenvalue weighted by Crippen LogP contribution is -2.59. The van der Waals surface area contributed by atoms with E-state index in [1.54, 1.807) is 5.32 Å². The van der Waals surface area contributed by atoms with Crippen molar-refractivity contribution in [3.63, 3.8) is 0 Å². The second kappa shape index (κ2) is 6.07. The molecule has 21 heavy (non-hydrogen) atoms. The van der Waals surface area contributed by atoms with Crippen molar-refractivity contribution >= 4 is 59.4 Å². The highest BCUT2D eigenvalue weighted by molar-refractivity contribution is 9.11. The lowest BCUT2D eigenvalue weighted by molar-refractivity contribution is -0.253. The van der Waals surface area contributed by atoms with Gasteiger partial charge in [0, 0.05) is 8.95 Å². The van der Waals surface area contributed by atoms with Gasteiger partial charge < -0.3 is 5.32 Å². The number of carbonyl (C=O) groups excluding carboxylic acids is 1. The molecule has 0 saturated heterocycles. The number of nitrogens with one attached hydrogen (secondary N) is 1. The number of halogens is 9. The average Bonchev–Trinajstić information content (AvgIpc) is 2.28. The molecule has 1 N–H and O–H groups in total. The molecule has 0 aromatic heterocycles. The first-order valence-electron chi connectivity index (χ1n) is 4.89. The van der Waals surface area contributed by atoms with Gasteiger partial charge in [-0.25, -0.2) is 0 Å². The standard InChI is InChI=1S/C10H4Br3F6NO/c11-4-1-2-6(5(12)3-4)20-7(21)8(13,9(14,15)16)10(17,18)19/h1-3H,(H,20,21). The van der Waals surface area contributed by atoms with E-state index in [0.717, 1.165) is 6.07 Å². The predicted octanol–water partition coefficient (Wildman–Crippen LogP) is 5.41. The minimum Gasteiger partial charge on any atom is -0.323 e. The molecule has 1 rings (SSSR count). The molecule has 0 bridgehead atoms. The van der Waals surface area contributed by atoms with E-state index in [2.05, 4.69) is 31.9 Å². The van der Waals surface area contributed by atoms with Crippen molar-refractivity contribution < 1.29 is 31.1 Å². The average molecular weight is 508 g/mol. The third kappa shape index (κ3) is 3.73. The van der Waals surface area contributed by atoms with Gasteiger partial charge in [-0.1, -0.05) is 31.9 Å². The zero-order valence-electron chi connectivity index (χ0n) is 9.54. The molecule has 1 aromatic rings. The zero-order chi connectivity index (χ0) is 16.6. The van der Waals surface area contributed by atoms with Gasteiger partial charge in [-0.05, 0) is 34.1 Å². The largest absolute Gasteiger partial charge is 0.421 e. The zero-order valence-corrected chi connectivity index (χ0v) is 14.3. The summed E-state index contributed by atoms with van der Waals surface area (Å²) in [4.78, 5) is 11.5. The molecule has 0 atom stereocenters. The molecule has 0 heterocycles. The number of amides is 1. The molecule has 118 valence electrons. The van der Waals surface area contributed by atoms with Crippen LogP contribution in [0, 0.1) is 0 Å². The van der Waals surface area contributed by atoms with Crippen LogP contribution < -0.4 is 5.32 Å². The van der Waals surface area contributed by atoms with Gasteiger partial charge in [0.25, 0.3) is 10.2 Å². The van der Waals surface area contributed by atoms with Gasteiger partial charge in [0.1, 0.15) is 0 Å². The summed E-state index contributed by atoms with van der Waals surface area (Å²) >= 11 is 7.48. The van der Waals surface area contributed by atoms with E-state index in [1.165, 1.54) is 28.1 Å².